The van der Waals surface area contributed by atoms with Crippen molar-refractivity contribution in [2.45, 2.75) is 26.9 Å². The van der Waals surface area contributed by atoms with E-state index in [2.05, 4.69) is 15.6 Å². The summed E-state index contributed by atoms with van der Waals surface area (Å²) in [6.45, 7) is 4.86. The molecule has 1 aromatic heterocycles. The molecular weight excluding hydrogens is 328 g/mol. The summed E-state index contributed by atoms with van der Waals surface area (Å²) < 4.78 is 1.84. The first-order valence-corrected chi connectivity index (χ1v) is 8.64. The standard InChI is InChI=1S/C20H22N4O2/c1-3-21-19(25)13-24-17-7-5-4-6-16(17)23-18(24)12-22-20(26)15-10-8-14(2)9-11-15/h4-11H,3,12-13H2,1-2H3,(H,21,25)(H,22,26). The van der Waals surface area contributed by atoms with Crippen molar-refractivity contribution in [3.63, 3.8) is 0 Å². The van der Waals surface area contributed by atoms with Crippen LogP contribution in [0.4, 0.5) is 0 Å². The van der Waals surface area contributed by atoms with Gasteiger partial charge in [0.1, 0.15) is 12.4 Å². The molecule has 2 aromatic carbocycles. The number of imidazole rings is 1. The van der Waals surface area contributed by atoms with Crippen molar-refractivity contribution in [3.05, 3.63) is 65.5 Å². The van der Waals surface area contributed by atoms with Crippen molar-refractivity contribution in [2.24, 2.45) is 0 Å². The number of aryl methyl sites for hydroxylation is 1. The lowest BCUT2D eigenvalue weighted by atomic mass is 10.1. The van der Waals surface area contributed by atoms with Crippen LogP contribution in [-0.4, -0.2) is 27.9 Å². The summed E-state index contributed by atoms with van der Waals surface area (Å²) in [5.74, 6) is 0.404. The van der Waals surface area contributed by atoms with Crippen molar-refractivity contribution in [3.8, 4) is 0 Å². The monoisotopic (exact) mass is 350 g/mol. The molecule has 3 rings (SSSR count). The normalized spacial score (nSPS) is 10.7. The molecule has 6 heteroatoms. The van der Waals surface area contributed by atoms with E-state index in [0.717, 1.165) is 16.6 Å². The predicted molar refractivity (Wildman–Crippen MR) is 101 cm³/mol. The third-order valence-corrected chi connectivity index (χ3v) is 4.13. The van der Waals surface area contributed by atoms with E-state index in [9.17, 15) is 9.59 Å². The molecule has 26 heavy (non-hydrogen) atoms. The largest absolute Gasteiger partial charge is 0.355 e. The molecule has 0 aliphatic rings. The first-order chi connectivity index (χ1) is 12.6. The van der Waals surface area contributed by atoms with E-state index in [1.165, 1.54) is 0 Å². The lowest BCUT2D eigenvalue weighted by Gasteiger charge is -2.10. The fraction of sp³-hybridized carbons (Fsp3) is 0.250. The molecule has 0 bridgehead atoms. The molecule has 0 aliphatic carbocycles. The number of hydrogen-bond acceptors (Lipinski definition) is 3. The number of hydrogen-bond donors (Lipinski definition) is 2. The number of likely N-dealkylation sites (N-methyl/N-ethyl adjacent to an activating group) is 1. The average Bonchev–Trinajstić information content (AvgIpc) is 2.98. The first-order valence-electron chi connectivity index (χ1n) is 8.64. The van der Waals surface area contributed by atoms with E-state index in [1.807, 2.05) is 54.8 Å². The summed E-state index contributed by atoms with van der Waals surface area (Å²) in [5.41, 5.74) is 3.38. The topological polar surface area (TPSA) is 76.0 Å². The van der Waals surface area contributed by atoms with Gasteiger partial charge < -0.3 is 15.2 Å². The summed E-state index contributed by atoms with van der Waals surface area (Å²) >= 11 is 0. The maximum absolute atomic E-state index is 12.4. The van der Waals surface area contributed by atoms with E-state index in [4.69, 9.17) is 0 Å². The second-order valence-electron chi connectivity index (χ2n) is 6.11. The van der Waals surface area contributed by atoms with Crippen molar-refractivity contribution >= 4 is 22.8 Å². The van der Waals surface area contributed by atoms with Gasteiger partial charge in [0.05, 0.1) is 17.6 Å². The molecule has 3 aromatic rings. The molecule has 0 unspecified atom stereocenters. The molecule has 0 fully saturated rings. The van der Waals surface area contributed by atoms with Crippen LogP contribution < -0.4 is 10.6 Å². The fourth-order valence-electron chi connectivity index (χ4n) is 2.80. The summed E-state index contributed by atoms with van der Waals surface area (Å²) in [6, 6.07) is 15.0. The van der Waals surface area contributed by atoms with Gasteiger partial charge in [0, 0.05) is 12.1 Å². The van der Waals surface area contributed by atoms with Gasteiger partial charge in [-0.05, 0) is 38.1 Å². The first kappa shape index (κ1) is 17.7. The highest BCUT2D eigenvalue weighted by molar-refractivity contribution is 5.94. The number of amides is 2. The number of para-hydroxylation sites is 2. The predicted octanol–water partition coefficient (Wildman–Crippen LogP) is 2.41. The van der Waals surface area contributed by atoms with Crippen LogP contribution >= 0.6 is 0 Å². The highest BCUT2D eigenvalue weighted by Gasteiger charge is 2.14. The van der Waals surface area contributed by atoms with Gasteiger partial charge in [-0.3, -0.25) is 9.59 Å². The fourth-order valence-corrected chi connectivity index (χ4v) is 2.80. The van der Waals surface area contributed by atoms with Gasteiger partial charge >= 0.3 is 0 Å². The average molecular weight is 350 g/mol. The quantitative estimate of drug-likeness (QED) is 0.717. The van der Waals surface area contributed by atoms with Crippen molar-refractivity contribution < 1.29 is 9.59 Å². The molecule has 6 nitrogen and oxygen atoms in total. The summed E-state index contributed by atoms with van der Waals surface area (Å²) in [5, 5.41) is 5.68. The summed E-state index contributed by atoms with van der Waals surface area (Å²) in [7, 11) is 0. The SMILES string of the molecule is CCNC(=O)Cn1c(CNC(=O)c2ccc(C)cc2)nc2ccccc21. The lowest BCUT2D eigenvalue weighted by Crippen LogP contribution is -2.29. The number of benzene rings is 2. The molecule has 0 aliphatic heterocycles. The Bertz CT molecular complexity index is 929. The maximum atomic E-state index is 12.4. The van der Waals surface area contributed by atoms with Gasteiger partial charge in [-0.15, -0.1) is 0 Å². The smallest absolute Gasteiger partial charge is 0.251 e. The highest BCUT2D eigenvalue weighted by Crippen LogP contribution is 2.16. The van der Waals surface area contributed by atoms with Gasteiger partial charge in [0.25, 0.3) is 5.91 Å². The van der Waals surface area contributed by atoms with Crippen molar-refractivity contribution in [2.75, 3.05) is 6.54 Å². The van der Waals surface area contributed by atoms with Crippen molar-refractivity contribution in [1.29, 1.82) is 0 Å². The Labute approximate surface area is 152 Å². The van der Waals surface area contributed by atoms with Crippen LogP contribution in [0, 0.1) is 6.92 Å². The third-order valence-electron chi connectivity index (χ3n) is 4.13. The van der Waals surface area contributed by atoms with E-state index in [1.54, 1.807) is 12.1 Å². The van der Waals surface area contributed by atoms with Gasteiger partial charge in [-0.1, -0.05) is 29.8 Å². The van der Waals surface area contributed by atoms with Crippen LogP contribution in [0.1, 0.15) is 28.7 Å². The van der Waals surface area contributed by atoms with Gasteiger partial charge in [-0.25, -0.2) is 4.98 Å². The zero-order valence-corrected chi connectivity index (χ0v) is 15.0. The van der Waals surface area contributed by atoms with E-state index >= 15 is 0 Å². The zero-order chi connectivity index (χ0) is 18.5. The Balaban J connectivity index is 1.81. The lowest BCUT2D eigenvalue weighted by molar-refractivity contribution is -0.121. The molecule has 0 radical (unpaired) electrons. The molecular formula is C20H22N4O2. The van der Waals surface area contributed by atoms with Gasteiger partial charge in [0.15, 0.2) is 0 Å². The highest BCUT2D eigenvalue weighted by atomic mass is 16.2. The summed E-state index contributed by atoms with van der Waals surface area (Å²) in [6.07, 6.45) is 0. The number of fused-ring (bicyclic) bond motifs is 1. The minimum absolute atomic E-state index is 0.0817. The van der Waals surface area contributed by atoms with Crippen LogP contribution in [0.5, 0.6) is 0 Å². The van der Waals surface area contributed by atoms with E-state index in [0.29, 0.717) is 17.9 Å². The minimum Gasteiger partial charge on any atom is -0.355 e. The molecule has 1 heterocycles. The molecule has 0 spiro atoms. The number of nitrogens with one attached hydrogen (secondary N) is 2. The molecule has 0 atom stereocenters. The zero-order valence-electron chi connectivity index (χ0n) is 15.0. The molecule has 0 saturated heterocycles. The Hall–Kier alpha value is -3.15. The Kier molecular flexibility index (Phi) is 5.31. The van der Waals surface area contributed by atoms with Gasteiger partial charge in [0.2, 0.25) is 5.91 Å². The number of carbonyl (C=O) groups is 2. The Morgan fingerprint density at radius 3 is 2.50 bits per heavy atom. The number of aromatic nitrogens is 2. The minimum atomic E-state index is -0.165. The molecule has 2 amide bonds. The molecule has 0 saturated carbocycles. The third kappa shape index (κ3) is 3.91. The van der Waals surface area contributed by atoms with E-state index < -0.39 is 0 Å². The Morgan fingerprint density at radius 1 is 1.04 bits per heavy atom. The van der Waals surface area contributed by atoms with Crippen molar-refractivity contribution in [1.82, 2.24) is 20.2 Å². The number of rotatable bonds is 6. The molecule has 134 valence electrons. The van der Waals surface area contributed by atoms with Crippen LogP contribution in [-0.2, 0) is 17.9 Å². The molecule has 2 N–H and O–H groups in total. The number of nitrogens with zero attached hydrogens (tertiary/aromatic N) is 2. The van der Waals surface area contributed by atoms with Crippen LogP contribution in [0.2, 0.25) is 0 Å². The number of carbonyl (C=O) groups excluding carboxylic acids is 2. The summed E-state index contributed by atoms with van der Waals surface area (Å²) in [4.78, 5) is 29.0. The van der Waals surface area contributed by atoms with Crippen LogP contribution in [0.3, 0.4) is 0 Å². The van der Waals surface area contributed by atoms with Crippen LogP contribution in [0.15, 0.2) is 48.5 Å². The second-order valence-corrected chi connectivity index (χ2v) is 6.11. The Morgan fingerprint density at radius 2 is 1.77 bits per heavy atom. The van der Waals surface area contributed by atoms with Gasteiger partial charge in [-0.2, -0.15) is 0 Å². The second kappa shape index (κ2) is 7.82. The van der Waals surface area contributed by atoms with Crippen LogP contribution in [0.25, 0.3) is 11.0 Å². The van der Waals surface area contributed by atoms with E-state index in [-0.39, 0.29) is 24.9 Å². The maximum Gasteiger partial charge on any atom is 0.251 e.